The Kier molecular flexibility index (Phi) is 7.45. The molecule has 0 radical (unpaired) electrons. The van der Waals surface area contributed by atoms with Crippen molar-refractivity contribution in [3.8, 4) is 11.1 Å². The fraction of sp³-hybridized carbons (Fsp3) is 0.290. The van der Waals surface area contributed by atoms with E-state index >= 15 is 0 Å². The molecule has 2 N–H and O–H groups in total. The Hall–Kier alpha value is -4.46. The molecule has 0 saturated heterocycles. The van der Waals surface area contributed by atoms with Crippen LogP contribution in [0.3, 0.4) is 0 Å². The van der Waals surface area contributed by atoms with Gasteiger partial charge in [0.1, 0.15) is 5.84 Å². The van der Waals surface area contributed by atoms with Crippen LogP contribution in [0.4, 0.5) is 5.69 Å². The van der Waals surface area contributed by atoms with Gasteiger partial charge in [-0.1, -0.05) is 32.0 Å². The first-order chi connectivity index (χ1) is 18.9. The van der Waals surface area contributed by atoms with Gasteiger partial charge in [0.2, 0.25) is 5.91 Å². The van der Waals surface area contributed by atoms with Crippen molar-refractivity contribution in [2.24, 2.45) is 17.8 Å². The zero-order chi connectivity index (χ0) is 27.5. The lowest BCUT2D eigenvalue weighted by Crippen LogP contribution is -2.34. The fourth-order valence-electron chi connectivity index (χ4n) is 5.08. The highest BCUT2D eigenvalue weighted by Gasteiger charge is 2.21. The molecule has 0 fully saturated rings. The van der Waals surface area contributed by atoms with Crippen molar-refractivity contribution in [3.63, 3.8) is 0 Å². The summed E-state index contributed by atoms with van der Waals surface area (Å²) in [6, 6.07) is 15.7. The summed E-state index contributed by atoms with van der Waals surface area (Å²) in [5, 5.41) is 5.90. The van der Waals surface area contributed by atoms with Crippen LogP contribution in [0.15, 0.2) is 76.3 Å². The standard InChI is InChI=1S/C31H34N6O2/c1-4-12-36(13-5-2)30(38)25-17-24-7-6-22(18-28(24)33-29(32)19-25)21-8-9-27-23(16-21)10-15-37(31(27)39)20-26-11-14-35(3)34-26/h6-11,14-18H,4-5,12-13,19-20H2,1-3H3,(H2,32,33). The lowest BCUT2D eigenvalue weighted by molar-refractivity contribution is -0.127. The molecule has 1 aliphatic rings. The topological polar surface area (TPSA) is 98.5 Å². The smallest absolute Gasteiger partial charge is 0.258 e. The van der Waals surface area contributed by atoms with Gasteiger partial charge >= 0.3 is 0 Å². The number of amidine groups is 1. The second kappa shape index (κ2) is 11.1. The number of amides is 1. The molecule has 0 aliphatic carbocycles. The van der Waals surface area contributed by atoms with Gasteiger partial charge in [-0.15, -0.1) is 0 Å². The van der Waals surface area contributed by atoms with Gasteiger partial charge < -0.3 is 15.2 Å². The van der Waals surface area contributed by atoms with E-state index in [-0.39, 0.29) is 11.5 Å². The Morgan fingerprint density at radius 2 is 1.74 bits per heavy atom. The summed E-state index contributed by atoms with van der Waals surface area (Å²) < 4.78 is 3.41. The summed E-state index contributed by atoms with van der Waals surface area (Å²) in [4.78, 5) is 32.9. The van der Waals surface area contributed by atoms with Crippen molar-refractivity contribution in [2.75, 3.05) is 13.1 Å². The lowest BCUT2D eigenvalue weighted by atomic mass is 9.99. The number of nitrogens with zero attached hydrogens (tertiary/aromatic N) is 5. The highest BCUT2D eigenvalue weighted by molar-refractivity contribution is 6.05. The maximum atomic E-state index is 13.3. The third-order valence-electron chi connectivity index (χ3n) is 6.96. The maximum absolute atomic E-state index is 13.3. The van der Waals surface area contributed by atoms with E-state index in [2.05, 4.69) is 23.9 Å². The molecule has 2 aromatic heterocycles. The molecule has 0 saturated carbocycles. The van der Waals surface area contributed by atoms with Crippen LogP contribution in [-0.2, 0) is 18.4 Å². The lowest BCUT2D eigenvalue weighted by Gasteiger charge is -2.22. The number of hydrogen-bond acceptors (Lipinski definition) is 5. The number of carbonyl (C=O) groups is 1. The Morgan fingerprint density at radius 3 is 2.46 bits per heavy atom. The Morgan fingerprint density at radius 1 is 1.00 bits per heavy atom. The Bertz CT molecular complexity index is 1650. The second-order valence-electron chi connectivity index (χ2n) is 10.0. The average Bonchev–Trinajstić information content (AvgIpc) is 3.25. The molecule has 5 rings (SSSR count). The maximum Gasteiger partial charge on any atom is 0.258 e. The first-order valence-corrected chi connectivity index (χ1v) is 13.4. The summed E-state index contributed by atoms with van der Waals surface area (Å²) >= 11 is 0. The fourth-order valence-corrected chi connectivity index (χ4v) is 5.08. The normalized spacial score (nSPS) is 13.0. The van der Waals surface area contributed by atoms with Crippen LogP contribution in [0.2, 0.25) is 0 Å². The number of hydrogen-bond donors (Lipinski definition) is 1. The second-order valence-corrected chi connectivity index (χ2v) is 10.0. The Balaban J connectivity index is 1.45. The predicted molar refractivity (Wildman–Crippen MR) is 157 cm³/mol. The first-order valence-electron chi connectivity index (χ1n) is 13.4. The number of benzene rings is 2. The monoisotopic (exact) mass is 522 g/mol. The number of aryl methyl sites for hydroxylation is 1. The molecule has 0 atom stereocenters. The summed E-state index contributed by atoms with van der Waals surface area (Å²) in [5.41, 5.74) is 11.3. The molecule has 1 aliphatic heterocycles. The number of rotatable bonds is 8. The van der Waals surface area contributed by atoms with Gasteiger partial charge in [-0.05, 0) is 65.8 Å². The third kappa shape index (κ3) is 5.55. The van der Waals surface area contributed by atoms with E-state index in [1.165, 1.54) is 0 Å². The van der Waals surface area contributed by atoms with Crippen LogP contribution in [-0.4, -0.2) is 44.1 Å². The number of aromatic nitrogens is 3. The van der Waals surface area contributed by atoms with Crippen LogP contribution < -0.4 is 11.3 Å². The molecule has 0 bridgehead atoms. The van der Waals surface area contributed by atoms with E-state index in [1.807, 2.05) is 78.9 Å². The average molecular weight is 523 g/mol. The molecule has 8 nitrogen and oxygen atoms in total. The van der Waals surface area contributed by atoms with Gasteiger partial charge in [-0.2, -0.15) is 5.10 Å². The van der Waals surface area contributed by atoms with Gasteiger partial charge in [0.25, 0.3) is 5.56 Å². The van der Waals surface area contributed by atoms with Crippen LogP contribution in [0.5, 0.6) is 0 Å². The molecular weight excluding hydrogens is 488 g/mol. The molecule has 0 unspecified atom stereocenters. The number of nitrogens with two attached hydrogens (primary N) is 1. The van der Waals surface area contributed by atoms with E-state index in [4.69, 9.17) is 5.73 Å². The summed E-state index contributed by atoms with van der Waals surface area (Å²) in [7, 11) is 1.86. The number of fused-ring (bicyclic) bond motifs is 2. The molecule has 3 heterocycles. The summed E-state index contributed by atoms with van der Waals surface area (Å²) in [6.45, 7) is 6.03. The molecular formula is C31H34N6O2. The van der Waals surface area contributed by atoms with Gasteiger partial charge in [0.05, 0.1) is 17.9 Å². The minimum atomic E-state index is -0.0495. The van der Waals surface area contributed by atoms with Crippen molar-refractivity contribution < 1.29 is 4.79 Å². The number of aliphatic imine (C=N–C) groups is 1. The van der Waals surface area contributed by atoms with Gasteiger partial charge in [0.15, 0.2) is 0 Å². The molecule has 0 spiro atoms. The zero-order valence-corrected chi connectivity index (χ0v) is 22.7. The van der Waals surface area contributed by atoms with Gasteiger partial charge in [-0.25, -0.2) is 4.99 Å². The molecule has 8 heteroatoms. The minimum absolute atomic E-state index is 0.0250. The molecule has 200 valence electrons. The third-order valence-corrected chi connectivity index (χ3v) is 6.96. The van der Waals surface area contributed by atoms with E-state index in [0.717, 1.165) is 59.4 Å². The number of carbonyl (C=O) groups excluding carboxylic acids is 1. The van der Waals surface area contributed by atoms with E-state index in [0.29, 0.717) is 29.8 Å². The van der Waals surface area contributed by atoms with Crippen molar-refractivity contribution in [3.05, 3.63) is 88.1 Å². The zero-order valence-electron chi connectivity index (χ0n) is 22.7. The summed E-state index contributed by atoms with van der Waals surface area (Å²) in [6.07, 6.45) is 7.75. The molecule has 39 heavy (non-hydrogen) atoms. The molecule has 1 amide bonds. The largest absolute Gasteiger partial charge is 0.387 e. The van der Waals surface area contributed by atoms with Crippen LogP contribution in [0, 0.1) is 0 Å². The molecule has 4 aromatic rings. The van der Waals surface area contributed by atoms with Crippen LogP contribution in [0.25, 0.3) is 28.0 Å². The predicted octanol–water partition coefficient (Wildman–Crippen LogP) is 4.87. The van der Waals surface area contributed by atoms with Crippen molar-refractivity contribution in [1.82, 2.24) is 19.2 Å². The quantitative estimate of drug-likeness (QED) is 0.357. The van der Waals surface area contributed by atoms with Gasteiger partial charge in [-0.3, -0.25) is 14.3 Å². The SMILES string of the molecule is CCCN(CCC)C(=O)C1=Cc2ccc(-c3ccc4c(=O)n(Cc5ccn(C)n5)ccc4c3)cc2N=C(N)C1. The van der Waals surface area contributed by atoms with Gasteiger partial charge in [0, 0.05) is 55.5 Å². The van der Waals surface area contributed by atoms with E-state index in [9.17, 15) is 9.59 Å². The number of pyridine rings is 1. The van der Waals surface area contributed by atoms with E-state index < -0.39 is 0 Å². The van der Waals surface area contributed by atoms with Crippen LogP contribution >= 0.6 is 0 Å². The molecule has 2 aromatic carbocycles. The summed E-state index contributed by atoms with van der Waals surface area (Å²) in [5.74, 6) is 0.447. The van der Waals surface area contributed by atoms with E-state index in [1.54, 1.807) is 9.25 Å². The van der Waals surface area contributed by atoms with Crippen LogP contribution in [0.1, 0.15) is 44.4 Å². The highest BCUT2D eigenvalue weighted by Crippen LogP contribution is 2.33. The Labute approximate surface area is 228 Å². The first kappa shape index (κ1) is 26.2. The van der Waals surface area contributed by atoms with Crippen molar-refractivity contribution >= 4 is 34.3 Å². The minimum Gasteiger partial charge on any atom is -0.387 e. The van der Waals surface area contributed by atoms with Crippen molar-refractivity contribution in [1.29, 1.82) is 0 Å². The van der Waals surface area contributed by atoms with Crippen molar-refractivity contribution in [2.45, 2.75) is 39.7 Å². The highest BCUT2D eigenvalue weighted by atomic mass is 16.2.